The van der Waals surface area contributed by atoms with Crippen molar-refractivity contribution in [1.82, 2.24) is 14.1 Å². The molecule has 0 aromatic heterocycles. The minimum absolute atomic E-state index is 0.668. The molecule has 0 bridgehead atoms. The molecular formula is C6H3BrClN3. The second-order valence-electron chi connectivity index (χ2n) is 2.02. The van der Waals surface area contributed by atoms with E-state index in [1.165, 1.54) is 10.4 Å². The number of hydrogen-bond donors (Lipinski definition) is 0. The zero-order chi connectivity index (χ0) is 7.84. The van der Waals surface area contributed by atoms with Gasteiger partial charge < -0.3 is 0 Å². The highest BCUT2D eigenvalue weighted by Crippen LogP contribution is 2.26. The van der Waals surface area contributed by atoms with Gasteiger partial charge >= 0.3 is 0 Å². The third-order valence-electron chi connectivity index (χ3n) is 1.36. The monoisotopic (exact) mass is 231 g/mol. The fourth-order valence-electron chi connectivity index (χ4n) is 0.865. The molecular weight excluding hydrogens is 229 g/mol. The van der Waals surface area contributed by atoms with Gasteiger partial charge in [0.05, 0.1) is 0 Å². The standard InChI is InChI=1S/C6H3BrClN3/c7-4-1-2-11(8)6-5(4)9-3-10-6/h1-3H. The molecule has 5 heteroatoms. The molecule has 2 rings (SSSR count). The first-order valence-corrected chi connectivity index (χ1v) is 4.06. The van der Waals surface area contributed by atoms with Crippen LogP contribution in [-0.2, 0) is 0 Å². The minimum atomic E-state index is 0.668. The summed E-state index contributed by atoms with van der Waals surface area (Å²) >= 11 is 9.10. The Morgan fingerprint density at radius 3 is 3.00 bits per heavy atom. The zero-order valence-corrected chi connectivity index (χ0v) is 7.67. The minimum Gasteiger partial charge on any atom is -0.242 e. The van der Waals surface area contributed by atoms with Gasteiger partial charge in [-0.1, -0.05) is 0 Å². The smallest absolute Gasteiger partial charge is 0.176 e. The third kappa shape index (κ3) is 1.02. The summed E-state index contributed by atoms with van der Waals surface area (Å²) in [6, 6.07) is 1.82. The molecule has 56 valence electrons. The van der Waals surface area contributed by atoms with Crippen molar-refractivity contribution >= 4 is 27.7 Å². The van der Waals surface area contributed by atoms with Crippen molar-refractivity contribution in [1.29, 1.82) is 0 Å². The predicted octanol–water partition coefficient (Wildman–Crippen LogP) is 2.15. The molecule has 0 aliphatic carbocycles. The fourth-order valence-corrected chi connectivity index (χ4v) is 1.44. The molecule has 0 unspecified atom stereocenters. The van der Waals surface area contributed by atoms with Crippen LogP contribution in [0.2, 0.25) is 0 Å². The molecule has 0 amide bonds. The Balaban J connectivity index is 2.82. The van der Waals surface area contributed by atoms with Gasteiger partial charge in [-0.3, -0.25) is 0 Å². The number of imidazole rings is 1. The first-order valence-electron chi connectivity index (χ1n) is 2.93. The molecule has 0 aromatic carbocycles. The second-order valence-corrected chi connectivity index (χ2v) is 3.24. The van der Waals surface area contributed by atoms with Crippen LogP contribution in [0.15, 0.2) is 23.1 Å². The zero-order valence-electron chi connectivity index (χ0n) is 5.33. The molecule has 0 radical (unpaired) electrons. The molecule has 3 nitrogen and oxygen atoms in total. The van der Waals surface area contributed by atoms with Crippen LogP contribution in [0.3, 0.4) is 0 Å². The highest BCUT2D eigenvalue weighted by atomic mass is 79.9. The van der Waals surface area contributed by atoms with E-state index in [0.29, 0.717) is 5.82 Å². The maximum Gasteiger partial charge on any atom is 0.176 e. The van der Waals surface area contributed by atoms with Gasteiger partial charge in [-0.05, 0) is 22.0 Å². The van der Waals surface area contributed by atoms with Gasteiger partial charge in [-0.2, -0.15) is 0 Å². The van der Waals surface area contributed by atoms with E-state index in [1.807, 2.05) is 6.07 Å². The molecule has 2 heterocycles. The van der Waals surface area contributed by atoms with Crippen molar-refractivity contribution in [2.24, 2.45) is 0 Å². The van der Waals surface area contributed by atoms with Gasteiger partial charge in [0.15, 0.2) is 5.82 Å². The quantitative estimate of drug-likeness (QED) is 0.697. The van der Waals surface area contributed by atoms with Crippen molar-refractivity contribution in [2.75, 3.05) is 0 Å². The van der Waals surface area contributed by atoms with Gasteiger partial charge in [0.2, 0.25) is 0 Å². The number of nitrogens with zero attached hydrogens (tertiary/aromatic N) is 3. The van der Waals surface area contributed by atoms with Crippen molar-refractivity contribution in [3.05, 3.63) is 23.1 Å². The van der Waals surface area contributed by atoms with E-state index in [-0.39, 0.29) is 0 Å². The number of aromatic nitrogens is 3. The maximum atomic E-state index is 5.76. The number of fused-ring (bicyclic) bond motifs is 1. The summed E-state index contributed by atoms with van der Waals surface area (Å²) in [6.07, 6.45) is 3.19. The summed E-state index contributed by atoms with van der Waals surface area (Å²) in [5.74, 6) is 0.668. The Labute approximate surface area is 76.6 Å². The van der Waals surface area contributed by atoms with Gasteiger partial charge in [0.1, 0.15) is 12.0 Å². The van der Waals surface area contributed by atoms with Crippen molar-refractivity contribution in [3.8, 4) is 11.5 Å². The average Bonchev–Trinajstić information content (AvgIpc) is 2.45. The first-order chi connectivity index (χ1) is 5.29. The SMILES string of the molecule is Cln1ccc(Br)c2ncnc1-2. The lowest BCUT2D eigenvalue weighted by Gasteiger charge is -2.01. The topological polar surface area (TPSA) is 30.7 Å². The average molecular weight is 232 g/mol. The summed E-state index contributed by atoms with van der Waals surface area (Å²) in [5.41, 5.74) is 0.780. The number of hydrogen-bond acceptors (Lipinski definition) is 2. The molecule has 2 aliphatic rings. The fraction of sp³-hybridized carbons (Fsp3) is 0. The number of rotatable bonds is 0. The molecule has 0 atom stereocenters. The van der Waals surface area contributed by atoms with Crippen LogP contribution in [0, 0.1) is 0 Å². The number of pyridine rings is 1. The predicted molar refractivity (Wildman–Crippen MR) is 45.6 cm³/mol. The van der Waals surface area contributed by atoms with Crippen LogP contribution in [0.25, 0.3) is 11.5 Å². The van der Waals surface area contributed by atoms with E-state index >= 15 is 0 Å². The maximum absolute atomic E-state index is 5.76. The Bertz CT molecular complexity index is 326. The highest BCUT2D eigenvalue weighted by Gasteiger charge is 2.11. The van der Waals surface area contributed by atoms with Crippen molar-refractivity contribution in [2.45, 2.75) is 0 Å². The van der Waals surface area contributed by atoms with Crippen LogP contribution in [0.5, 0.6) is 0 Å². The van der Waals surface area contributed by atoms with E-state index in [4.69, 9.17) is 11.8 Å². The molecule has 0 spiro atoms. The molecule has 0 saturated carbocycles. The van der Waals surface area contributed by atoms with E-state index in [9.17, 15) is 0 Å². The lowest BCUT2D eigenvalue weighted by molar-refractivity contribution is 1.14. The lowest BCUT2D eigenvalue weighted by Crippen LogP contribution is -1.91. The van der Waals surface area contributed by atoms with Crippen LogP contribution in [0.4, 0.5) is 0 Å². The second kappa shape index (κ2) is 2.46. The van der Waals surface area contributed by atoms with Crippen LogP contribution in [0.1, 0.15) is 0 Å². The normalized spacial score (nSPS) is 10.7. The molecule has 0 saturated heterocycles. The van der Waals surface area contributed by atoms with Crippen LogP contribution in [-0.4, -0.2) is 14.1 Å². The summed E-state index contributed by atoms with van der Waals surface area (Å²) < 4.78 is 2.31. The Morgan fingerprint density at radius 1 is 1.45 bits per heavy atom. The van der Waals surface area contributed by atoms with Crippen LogP contribution >= 0.6 is 27.7 Å². The highest BCUT2D eigenvalue weighted by molar-refractivity contribution is 9.10. The van der Waals surface area contributed by atoms with E-state index in [0.717, 1.165) is 10.2 Å². The molecule has 0 N–H and O–H groups in total. The van der Waals surface area contributed by atoms with Gasteiger partial charge in [-0.15, -0.1) is 0 Å². The molecule has 0 fully saturated rings. The Hall–Kier alpha value is -0.610. The third-order valence-corrected chi connectivity index (χ3v) is 2.27. The van der Waals surface area contributed by atoms with Crippen molar-refractivity contribution < 1.29 is 0 Å². The van der Waals surface area contributed by atoms with E-state index < -0.39 is 0 Å². The molecule has 2 aliphatic heterocycles. The summed E-state index contributed by atoms with van der Waals surface area (Å²) in [6.45, 7) is 0. The first kappa shape index (κ1) is 7.06. The summed E-state index contributed by atoms with van der Waals surface area (Å²) in [7, 11) is 0. The molecule has 0 aromatic rings. The number of halogens is 2. The van der Waals surface area contributed by atoms with E-state index in [1.54, 1.807) is 6.20 Å². The molecule has 11 heavy (non-hydrogen) atoms. The Kier molecular flexibility index (Phi) is 1.58. The van der Waals surface area contributed by atoms with Gasteiger partial charge in [0.25, 0.3) is 0 Å². The summed E-state index contributed by atoms with van der Waals surface area (Å²) in [4.78, 5) is 7.98. The largest absolute Gasteiger partial charge is 0.242 e. The van der Waals surface area contributed by atoms with Crippen LogP contribution < -0.4 is 0 Å². The summed E-state index contributed by atoms with van der Waals surface area (Å²) in [5, 5.41) is 0. The Morgan fingerprint density at radius 2 is 2.27 bits per heavy atom. The van der Waals surface area contributed by atoms with Gasteiger partial charge in [-0.25, -0.2) is 14.1 Å². The van der Waals surface area contributed by atoms with E-state index in [2.05, 4.69) is 25.9 Å². The van der Waals surface area contributed by atoms with Crippen molar-refractivity contribution in [3.63, 3.8) is 0 Å². The van der Waals surface area contributed by atoms with Gasteiger partial charge in [0, 0.05) is 22.4 Å². The lowest BCUT2D eigenvalue weighted by atomic mass is 10.3.